The van der Waals surface area contributed by atoms with Gasteiger partial charge in [0, 0.05) is 11.5 Å². The smallest absolute Gasteiger partial charge is 0.321 e. The Labute approximate surface area is 86.4 Å². The van der Waals surface area contributed by atoms with E-state index in [1.807, 2.05) is 6.92 Å². The number of rotatable bonds is 3. The molecule has 0 spiro atoms. The van der Waals surface area contributed by atoms with Crippen molar-refractivity contribution in [2.75, 3.05) is 25.6 Å². The predicted molar refractivity (Wildman–Crippen MR) is 50.8 cm³/mol. The molecule has 1 aliphatic heterocycles. The number of ether oxygens (including phenoxy) is 2. The van der Waals surface area contributed by atoms with Gasteiger partial charge in [0.25, 0.3) is 0 Å². The van der Waals surface area contributed by atoms with Crippen molar-refractivity contribution in [2.45, 2.75) is 6.92 Å². The fourth-order valence-electron chi connectivity index (χ4n) is 1.25. The molecular formula is C9H12FN3O2. The molecule has 2 rings (SSSR count). The molecule has 0 saturated carbocycles. The molecule has 0 unspecified atom stereocenters. The summed E-state index contributed by atoms with van der Waals surface area (Å²) in [6, 6.07) is 1.02. The van der Waals surface area contributed by atoms with Crippen LogP contribution < -0.4 is 10.5 Å². The summed E-state index contributed by atoms with van der Waals surface area (Å²) in [4.78, 5) is 7.23. The van der Waals surface area contributed by atoms with Gasteiger partial charge in [0.05, 0.1) is 13.2 Å². The number of aromatic nitrogens is 2. The number of nitrogen functional groups attached to an aromatic ring is 1. The van der Waals surface area contributed by atoms with Crippen LogP contribution in [-0.4, -0.2) is 29.8 Å². The molecule has 1 aliphatic rings. The zero-order valence-corrected chi connectivity index (χ0v) is 8.36. The van der Waals surface area contributed by atoms with Crippen LogP contribution in [0.5, 0.6) is 6.01 Å². The monoisotopic (exact) mass is 213 g/mol. The average Bonchev–Trinajstić information content (AvgIpc) is 2.10. The van der Waals surface area contributed by atoms with Gasteiger partial charge in [0.15, 0.2) is 0 Å². The van der Waals surface area contributed by atoms with Gasteiger partial charge in [-0.25, -0.2) is 0 Å². The molecule has 0 radical (unpaired) electrons. The second-order valence-electron chi connectivity index (χ2n) is 3.99. The predicted octanol–water partition coefficient (Wildman–Crippen LogP) is 0.613. The lowest BCUT2D eigenvalue weighted by molar-refractivity contribution is -0.121. The molecule has 0 atom stereocenters. The highest BCUT2D eigenvalue weighted by molar-refractivity contribution is 5.27. The van der Waals surface area contributed by atoms with Crippen molar-refractivity contribution in [1.29, 1.82) is 0 Å². The fraction of sp³-hybridized carbons (Fsp3) is 0.556. The number of nitrogens with zero attached hydrogens (tertiary/aromatic N) is 2. The molecule has 1 aromatic heterocycles. The summed E-state index contributed by atoms with van der Waals surface area (Å²) in [6.45, 7) is 3.69. The van der Waals surface area contributed by atoms with Crippen LogP contribution in [0.4, 0.5) is 10.2 Å². The van der Waals surface area contributed by atoms with Gasteiger partial charge in [-0.05, 0) is 0 Å². The Morgan fingerprint density at radius 2 is 2.33 bits per heavy atom. The molecule has 1 saturated heterocycles. The summed E-state index contributed by atoms with van der Waals surface area (Å²) in [6.07, 6.45) is 0. The van der Waals surface area contributed by atoms with E-state index in [1.165, 1.54) is 0 Å². The zero-order chi connectivity index (χ0) is 10.9. The minimum absolute atomic E-state index is 0.0234. The molecule has 6 heteroatoms. The largest absolute Gasteiger partial charge is 0.463 e. The summed E-state index contributed by atoms with van der Waals surface area (Å²) in [5.74, 6) is -0.625. The van der Waals surface area contributed by atoms with Gasteiger partial charge in [-0.1, -0.05) is 6.92 Å². The normalized spacial score (nSPS) is 18.3. The first kappa shape index (κ1) is 10.1. The third-order valence-electron chi connectivity index (χ3n) is 2.14. The van der Waals surface area contributed by atoms with Gasteiger partial charge in [-0.3, -0.25) is 0 Å². The molecule has 82 valence electrons. The molecule has 0 aromatic carbocycles. The number of hydrogen-bond donors (Lipinski definition) is 1. The summed E-state index contributed by atoms with van der Waals surface area (Å²) in [5, 5.41) is 0. The highest BCUT2D eigenvalue weighted by atomic mass is 19.1. The fourth-order valence-corrected chi connectivity index (χ4v) is 1.25. The maximum Gasteiger partial charge on any atom is 0.321 e. The highest BCUT2D eigenvalue weighted by Crippen LogP contribution is 2.26. The molecular weight excluding hydrogens is 201 g/mol. The lowest BCUT2D eigenvalue weighted by Crippen LogP contribution is -2.44. The first-order valence-electron chi connectivity index (χ1n) is 4.58. The first-order chi connectivity index (χ1) is 7.07. The maximum absolute atomic E-state index is 12.8. The SMILES string of the molecule is CC1(COc2nc(N)cc(F)n2)COC1. The number of anilines is 1. The molecule has 0 amide bonds. The van der Waals surface area contributed by atoms with Gasteiger partial charge in [0.1, 0.15) is 12.4 Å². The van der Waals surface area contributed by atoms with Gasteiger partial charge < -0.3 is 15.2 Å². The van der Waals surface area contributed by atoms with Crippen LogP contribution >= 0.6 is 0 Å². The first-order valence-corrected chi connectivity index (χ1v) is 4.58. The lowest BCUT2D eigenvalue weighted by Gasteiger charge is -2.37. The standard InChI is InChI=1S/C9H12FN3O2/c1-9(3-14-4-9)5-15-8-12-6(10)2-7(11)13-8/h2H,3-5H2,1H3,(H2,11,12,13). The van der Waals surface area contributed by atoms with Gasteiger partial charge in [0.2, 0.25) is 5.95 Å². The third kappa shape index (κ3) is 2.33. The van der Waals surface area contributed by atoms with Crippen LogP contribution in [0.15, 0.2) is 6.07 Å². The van der Waals surface area contributed by atoms with E-state index < -0.39 is 5.95 Å². The van der Waals surface area contributed by atoms with Crippen LogP contribution in [-0.2, 0) is 4.74 Å². The topological polar surface area (TPSA) is 70.3 Å². The van der Waals surface area contributed by atoms with E-state index in [4.69, 9.17) is 15.2 Å². The van der Waals surface area contributed by atoms with E-state index in [1.54, 1.807) is 0 Å². The van der Waals surface area contributed by atoms with Crippen molar-refractivity contribution >= 4 is 5.82 Å². The number of halogens is 1. The second kappa shape index (κ2) is 3.62. The van der Waals surface area contributed by atoms with Crippen LogP contribution in [0.2, 0.25) is 0 Å². The molecule has 0 aliphatic carbocycles. The maximum atomic E-state index is 12.8. The Morgan fingerprint density at radius 3 is 2.87 bits per heavy atom. The Morgan fingerprint density at radius 1 is 1.60 bits per heavy atom. The van der Waals surface area contributed by atoms with Crippen molar-refractivity contribution in [2.24, 2.45) is 5.41 Å². The molecule has 2 heterocycles. The minimum atomic E-state index is -0.687. The average molecular weight is 213 g/mol. The van der Waals surface area contributed by atoms with Crippen molar-refractivity contribution < 1.29 is 13.9 Å². The summed E-state index contributed by atoms with van der Waals surface area (Å²) >= 11 is 0. The molecule has 15 heavy (non-hydrogen) atoms. The molecule has 2 N–H and O–H groups in total. The Kier molecular flexibility index (Phi) is 2.44. The van der Waals surface area contributed by atoms with Crippen molar-refractivity contribution in [3.63, 3.8) is 0 Å². The Bertz CT molecular complexity index is 348. The molecule has 0 bridgehead atoms. The van der Waals surface area contributed by atoms with Crippen LogP contribution in [0.3, 0.4) is 0 Å². The van der Waals surface area contributed by atoms with E-state index in [9.17, 15) is 4.39 Å². The number of nitrogens with two attached hydrogens (primary N) is 1. The van der Waals surface area contributed by atoms with Crippen LogP contribution in [0.25, 0.3) is 0 Å². The molecule has 1 fully saturated rings. The lowest BCUT2D eigenvalue weighted by atomic mass is 9.90. The van der Waals surface area contributed by atoms with Crippen molar-refractivity contribution in [3.05, 3.63) is 12.0 Å². The van der Waals surface area contributed by atoms with Gasteiger partial charge in [-0.2, -0.15) is 14.4 Å². The van der Waals surface area contributed by atoms with Gasteiger partial charge in [-0.15, -0.1) is 0 Å². The Balaban J connectivity index is 1.98. The van der Waals surface area contributed by atoms with E-state index in [0.717, 1.165) is 6.07 Å². The van der Waals surface area contributed by atoms with Crippen LogP contribution in [0.1, 0.15) is 6.92 Å². The van der Waals surface area contributed by atoms with E-state index in [2.05, 4.69) is 9.97 Å². The van der Waals surface area contributed by atoms with Crippen molar-refractivity contribution in [3.8, 4) is 6.01 Å². The van der Waals surface area contributed by atoms with E-state index in [0.29, 0.717) is 19.8 Å². The highest BCUT2D eigenvalue weighted by Gasteiger charge is 2.34. The quantitative estimate of drug-likeness (QED) is 0.745. The van der Waals surface area contributed by atoms with E-state index >= 15 is 0 Å². The third-order valence-corrected chi connectivity index (χ3v) is 2.14. The molecule has 5 nitrogen and oxygen atoms in total. The molecule has 1 aromatic rings. The second-order valence-corrected chi connectivity index (χ2v) is 3.99. The number of hydrogen-bond acceptors (Lipinski definition) is 5. The summed E-state index contributed by atoms with van der Waals surface area (Å²) < 4.78 is 23.1. The summed E-state index contributed by atoms with van der Waals surface area (Å²) in [7, 11) is 0. The van der Waals surface area contributed by atoms with E-state index in [-0.39, 0.29) is 17.2 Å². The Hall–Kier alpha value is -1.43. The van der Waals surface area contributed by atoms with Crippen LogP contribution in [0, 0.1) is 11.4 Å². The minimum Gasteiger partial charge on any atom is -0.463 e. The zero-order valence-electron chi connectivity index (χ0n) is 8.36. The van der Waals surface area contributed by atoms with Crippen molar-refractivity contribution in [1.82, 2.24) is 9.97 Å². The van der Waals surface area contributed by atoms with Gasteiger partial charge >= 0.3 is 6.01 Å². The summed E-state index contributed by atoms with van der Waals surface area (Å²) in [5.41, 5.74) is 5.33.